The number of fused-ring (bicyclic) bond motifs is 1. The van der Waals surface area contributed by atoms with Gasteiger partial charge in [0.1, 0.15) is 17.1 Å². The fourth-order valence-electron chi connectivity index (χ4n) is 3.81. The zero-order valence-electron chi connectivity index (χ0n) is 20.4. The van der Waals surface area contributed by atoms with E-state index in [4.69, 9.17) is 16.3 Å². The summed E-state index contributed by atoms with van der Waals surface area (Å²) in [5.74, 6) is -1.75. The second-order valence-corrected chi connectivity index (χ2v) is 11.0. The summed E-state index contributed by atoms with van der Waals surface area (Å²) >= 11 is 3.44. The first-order chi connectivity index (χ1) is 19.4. The average molecular weight is 604 g/mol. The molecule has 0 bridgehead atoms. The largest absolute Gasteiger partial charge is 0.477 e. The van der Waals surface area contributed by atoms with Crippen molar-refractivity contribution in [1.29, 1.82) is 0 Å². The van der Waals surface area contributed by atoms with E-state index in [9.17, 15) is 19.5 Å². The van der Waals surface area contributed by atoms with Crippen LogP contribution in [0.1, 0.15) is 5.82 Å². The molecule has 208 valence electrons. The summed E-state index contributed by atoms with van der Waals surface area (Å²) in [5.41, 5.74) is 11.4. The van der Waals surface area contributed by atoms with E-state index in [1.807, 2.05) is 0 Å². The lowest BCUT2D eigenvalue weighted by Crippen LogP contribution is -2.71. The minimum atomic E-state index is -1.25. The lowest BCUT2D eigenvalue weighted by Gasteiger charge is -2.49. The predicted octanol–water partition coefficient (Wildman–Crippen LogP) is -0.620. The fraction of sp³-hybridized carbons (Fsp3) is 0.286. The maximum Gasteiger partial charge on any atom is 0.352 e. The Balaban J connectivity index is 1.31. The number of nitrogens with one attached hydrogen (secondary N) is 1. The highest BCUT2D eigenvalue weighted by atomic mass is 32.2. The van der Waals surface area contributed by atoms with Gasteiger partial charge in [0.2, 0.25) is 16.7 Å². The molecule has 19 heteroatoms. The molecule has 0 saturated carbocycles. The summed E-state index contributed by atoms with van der Waals surface area (Å²) in [5, 5.41) is 27.9. The van der Waals surface area contributed by atoms with Crippen LogP contribution in [0, 0.1) is 0 Å². The van der Waals surface area contributed by atoms with Gasteiger partial charge in [-0.1, -0.05) is 35.1 Å². The average Bonchev–Trinajstić information content (AvgIpc) is 3.59. The van der Waals surface area contributed by atoms with Crippen molar-refractivity contribution in [3.63, 3.8) is 0 Å². The van der Waals surface area contributed by atoms with Crippen LogP contribution < -0.4 is 21.6 Å². The van der Waals surface area contributed by atoms with Crippen LogP contribution in [0.3, 0.4) is 0 Å². The number of benzene rings is 1. The molecule has 2 atom stereocenters. The molecule has 16 nitrogen and oxygen atoms in total. The number of aliphatic carboxylic acids is 1. The number of β-lactam (4-membered cyclic amide) rings is 1. The Labute approximate surface area is 238 Å². The van der Waals surface area contributed by atoms with E-state index >= 15 is 0 Å². The number of hydrogen-bond acceptors (Lipinski definition) is 15. The van der Waals surface area contributed by atoms with Gasteiger partial charge in [0.05, 0.1) is 6.54 Å². The standard InChI is InChI=1S/C21H21N11O5S3/c22-6-7-31-21(26-29-30-31)39-9-10-8-38-18-13(17(34)32(18)14(10)19(35)36)24-16(33)12(15-25-20(23)40-28-15)27-37-11-4-2-1-3-5-11/h1-5,13,18H,6-9,22H2,(H,24,33)(H,35,36)(H2,23,25,28)/b27-12-/t13?,18-/m1/s1. The van der Waals surface area contributed by atoms with E-state index in [0.29, 0.717) is 35.3 Å². The number of carboxylic acids is 1. The van der Waals surface area contributed by atoms with Gasteiger partial charge < -0.3 is 26.7 Å². The molecule has 1 saturated heterocycles. The monoisotopic (exact) mass is 603 g/mol. The smallest absolute Gasteiger partial charge is 0.352 e. The molecule has 1 unspecified atom stereocenters. The Kier molecular flexibility index (Phi) is 8.24. The van der Waals surface area contributed by atoms with Gasteiger partial charge >= 0.3 is 5.97 Å². The lowest BCUT2D eigenvalue weighted by atomic mass is 10.0. The second kappa shape index (κ2) is 12.0. The number of nitrogens with two attached hydrogens (primary N) is 2. The molecule has 2 aliphatic heterocycles. The number of tetrazole rings is 1. The molecule has 1 aromatic carbocycles. The highest BCUT2D eigenvalue weighted by molar-refractivity contribution is 8.01. The number of nitrogens with zero attached hydrogens (tertiary/aromatic N) is 8. The van der Waals surface area contributed by atoms with E-state index < -0.39 is 29.2 Å². The van der Waals surface area contributed by atoms with Crippen molar-refractivity contribution in [2.24, 2.45) is 10.9 Å². The molecular formula is C21H21N11O5S3. The Hall–Kier alpha value is -4.07. The van der Waals surface area contributed by atoms with E-state index in [0.717, 1.165) is 11.5 Å². The number of oxime groups is 1. The van der Waals surface area contributed by atoms with Crippen LogP contribution in [-0.4, -0.2) is 92.5 Å². The molecule has 2 aromatic heterocycles. The number of nitrogen functional groups attached to an aromatic ring is 1. The lowest BCUT2D eigenvalue weighted by molar-refractivity contribution is -0.150. The molecule has 0 aliphatic carbocycles. The van der Waals surface area contributed by atoms with Gasteiger partial charge in [-0.2, -0.15) is 9.36 Å². The van der Waals surface area contributed by atoms with E-state index in [2.05, 4.69) is 35.4 Å². The van der Waals surface area contributed by atoms with E-state index in [-0.39, 0.29) is 28.1 Å². The SMILES string of the molecule is NCCn1nnnc1SCC1=C(C(=O)O)N2C(=O)C(NC(=O)/C(=N\Oc3ccccc3)c3nsc(N)n3)[C@H]2SC1. The molecule has 3 aromatic rings. The van der Waals surface area contributed by atoms with Crippen molar-refractivity contribution >= 4 is 63.7 Å². The molecule has 0 spiro atoms. The van der Waals surface area contributed by atoms with Crippen LogP contribution in [-0.2, 0) is 20.9 Å². The van der Waals surface area contributed by atoms with Crippen LogP contribution >= 0.6 is 35.1 Å². The first-order valence-corrected chi connectivity index (χ1v) is 14.4. The molecular weight excluding hydrogens is 583 g/mol. The van der Waals surface area contributed by atoms with Crippen LogP contribution in [0.4, 0.5) is 5.13 Å². The third-order valence-corrected chi connectivity index (χ3v) is 8.53. The second-order valence-electron chi connectivity index (χ2n) is 8.18. The summed E-state index contributed by atoms with van der Waals surface area (Å²) in [6, 6.07) is 7.53. The van der Waals surface area contributed by atoms with Gasteiger partial charge in [0.25, 0.3) is 11.8 Å². The zero-order chi connectivity index (χ0) is 28.2. The van der Waals surface area contributed by atoms with Crippen molar-refractivity contribution < 1.29 is 24.3 Å². The number of carboxylic acid groups (broad SMARTS) is 1. The topological polar surface area (TPSA) is 230 Å². The quantitative estimate of drug-likeness (QED) is 0.0926. The maximum atomic E-state index is 13.2. The number of anilines is 1. The number of amides is 2. The highest BCUT2D eigenvalue weighted by Crippen LogP contribution is 2.41. The van der Waals surface area contributed by atoms with Gasteiger partial charge in [0.15, 0.2) is 10.9 Å². The summed E-state index contributed by atoms with van der Waals surface area (Å²) < 4.78 is 5.55. The third kappa shape index (κ3) is 5.62. The Morgan fingerprint density at radius 3 is 2.80 bits per heavy atom. The number of carbonyl (C=O) groups excluding carboxylic acids is 2. The summed E-state index contributed by atoms with van der Waals surface area (Å²) in [6.07, 6.45) is 0. The minimum Gasteiger partial charge on any atom is -0.477 e. The van der Waals surface area contributed by atoms with Gasteiger partial charge in [-0.25, -0.2) is 9.48 Å². The summed E-state index contributed by atoms with van der Waals surface area (Å²) in [6.45, 7) is 0.749. The number of thioether (sulfide) groups is 2. The van der Waals surface area contributed by atoms with Crippen LogP contribution in [0.2, 0.25) is 0 Å². The normalized spacial score (nSPS) is 18.8. The Morgan fingerprint density at radius 1 is 1.30 bits per heavy atom. The first kappa shape index (κ1) is 27.5. The summed E-state index contributed by atoms with van der Waals surface area (Å²) in [7, 11) is 0. The van der Waals surface area contributed by atoms with E-state index in [1.165, 1.54) is 33.1 Å². The van der Waals surface area contributed by atoms with Crippen molar-refractivity contribution in [2.45, 2.75) is 23.1 Å². The number of carbonyl (C=O) groups is 3. The van der Waals surface area contributed by atoms with Crippen LogP contribution in [0.5, 0.6) is 5.75 Å². The third-order valence-electron chi connectivity index (χ3n) is 5.61. The van der Waals surface area contributed by atoms with Crippen molar-refractivity contribution in [2.75, 3.05) is 23.8 Å². The van der Waals surface area contributed by atoms with Crippen LogP contribution in [0.25, 0.3) is 0 Å². The zero-order valence-corrected chi connectivity index (χ0v) is 22.9. The molecule has 0 radical (unpaired) electrons. The minimum absolute atomic E-state index is 0.0711. The van der Waals surface area contributed by atoms with Gasteiger partial charge in [-0.3, -0.25) is 14.5 Å². The van der Waals surface area contributed by atoms with E-state index in [1.54, 1.807) is 30.3 Å². The van der Waals surface area contributed by atoms with Gasteiger partial charge in [-0.15, -0.1) is 16.9 Å². The molecule has 4 heterocycles. The van der Waals surface area contributed by atoms with Gasteiger partial charge in [0, 0.05) is 29.6 Å². The number of hydrogen-bond donors (Lipinski definition) is 4. The predicted molar refractivity (Wildman–Crippen MR) is 145 cm³/mol. The number of rotatable bonds is 11. The first-order valence-electron chi connectivity index (χ1n) is 11.6. The maximum absolute atomic E-state index is 13.2. The Bertz CT molecular complexity index is 1490. The summed E-state index contributed by atoms with van der Waals surface area (Å²) in [4.78, 5) is 49.1. The van der Waals surface area contributed by atoms with Crippen LogP contribution in [0.15, 0.2) is 51.9 Å². The van der Waals surface area contributed by atoms with Crippen molar-refractivity contribution in [3.05, 3.63) is 47.4 Å². The van der Waals surface area contributed by atoms with Crippen molar-refractivity contribution in [3.8, 4) is 5.75 Å². The highest BCUT2D eigenvalue weighted by Gasteiger charge is 2.54. The molecule has 2 aliphatic rings. The molecule has 5 rings (SSSR count). The van der Waals surface area contributed by atoms with Gasteiger partial charge in [-0.05, 0) is 28.1 Å². The molecule has 2 amide bonds. The van der Waals surface area contributed by atoms with Crippen molar-refractivity contribution in [1.82, 2.24) is 39.8 Å². The Morgan fingerprint density at radius 2 is 2.10 bits per heavy atom. The fourth-order valence-corrected chi connectivity index (χ4v) is 6.64. The number of para-hydroxylation sites is 1. The molecule has 6 N–H and O–H groups in total. The number of aromatic nitrogens is 6. The molecule has 1 fully saturated rings. The molecule has 40 heavy (non-hydrogen) atoms.